The van der Waals surface area contributed by atoms with Crippen LogP contribution in [0.3, 0.4) is 0 Å². The Labute approximate surface area is 82.6 Å². The zero-order chi connectivity index (χ0) is 10.2. The van der Waals surface area contributed by atoms with Crippen LogP contribution in [0, 0.1) is 5.41 Å². The quantitative estimate of drug-likeness (QED) is 0.558. The number of urea groups is 1. The van der Waals surface area contributed by atoms with E-state index in [0.717, 1.165) is 32.4 Å². The van der Waals surface area contributed by atoms with Gasteiger partial charge in [-0.3, -0.25) is 9.69 Å². The number of rotatable bonds is 0. The molecule has 0 radical (unpaired) electrons. The maximum atomic E-state index is 11.9. The molecule has 5 heteroatoms. The van der Waals surface area contributed by atoms with Gasteiger partial charge in [0, 0.05) is 6.54 Å². The molecule has 0 saturated carbocycles. The Kier molecular flexibility index (Phi) is 2.19. The van der Waals surface area contributed by atoms with Gasteiger partial charge in [-0.2, -0.15) is 0 Å². The van der Waals surface area contributed by atoms with Gasteiger partial charge in [0.2, 0.25) is 5.91 Å². The molecule has 78 valence electrons. The average molecular weight is 197 g/mol. The van der Waals surface area contributed by atoms with Crippen LogP contribution in [0.15, 0.2) is 0 Å². The molecule has 2 fully saturated rings. The molecule has 0 unspecified atom stereocenters. The second-order valence-corrected chi connectivity index (χ2v) is 4.08. The molecule has 2 aliphatic rings. The van der Waals surface area contributed by atoms with Crippen molar-refractivity contribution >= 4 is 11.9 Å². The van der Waals surface area contributed by atoms with E-state index in [2.05, 4.69) is 5.32 Å². The number of hydrogen-bond acceptors (Lipinski definition) is 3. The lowest BCUT2D eigenvalue weighted by atomic mass is 9.78. The molecule has 0 aromatic heterocycles. The molecule has 5 nitrogen and oxygen atoms in total. The van der Waals surface area contributed by atoms with Gasteiger partial charge in [-0.15, -0.1) is 0 Å². The molecular formula is C9H15N3O2. The van der Waals surface area contributed by atoms with Crippen LogP contribution in [0.2, 0.25) is 0 Å². The molecule has 0 atom stereocenters. The van der Waals surface area contributed by atoms with Crippen LogP contribution in [0.25, 0.3) is 0 Å². The van der Waals surface area contributed by atoms with Crippen molar-refractivity contribution in [1.29, 1.82) is 0 Å². The molecule has 0 aromatic carbocycles. The van der Waals surface area contributed by atoms with E-state index < -0.39 is 6.03 Å². The van der Waals surface area contributed by atoms with Crippen molar-refractivity contribution < 1.29 is 9.59 Å². The van der Waals surface area contributed by atoms with E-state index >= 15 is 0 Å². The molecule has 0 aromatic rings. The molecular weight excluding hydrogens is 182 g/mol. The summed E-state index contributed by atoms with van der Waals surface area (Å²) in [4.78, 5) is 24.1. The number of primary amides is 1. The summed E-state index contributed by atoms with van der Waals surface area (Å²) >= 11 is 0. The van der Waals surface area contributed by atoms with E-state index in [4.69, 9.17) is 5.73 Å². The summed E-state index contributed by atoms with van der Waals surface area (Å²) in [6.45, 7) is 2.21. The number of nitrogens with one attached hydrogen (secondary N) is 1. The minimum Gasteiger partial charge on any atom is -0.351 e. The van der Waals surface area contributed by atoms with Crippen LogP contribution in [-0.4, -0.2) is 36.5 Å². The molecule has 1 spiro atoms. The number of likely N-dealkylation sites (tertiary alicyclic amines) is 1. The van der Waals surface area contributed by atoms with E-state index in [0.29, 0.717) is 6.54 Å². The number of nitrogens with two attached hydrogens (primary N) is 1. The van der Waals surface area contributed by atoms with Gasteiger partial charge in [0.1, 0.15) is 0 Å². The van der Waals surface area contributed by atoms with Gasteiger partial charge in [0.15, 0.2) is 0 Å². The number of nitrogens with zero attached hydrogens (tertiary/aromatic N) is 1. The van der Waals surface area contributed by atoms with Crippen LogP contribution >= 0.6 is 0 Å². The van der Waals surface area contributed by atoms with Crippen LogP contribution in [0.1, 0.15) is 19.3 Å². The minimum absolute atomic E-state index is 0.0634. The third-order valence-corrected chi connectivity index (χ3v) is 3.34. The molecule has 2 rings (SSSR count). The van der Waals surface area contributed by atoms with Gasteiger partial charge in [-0.05, 0) is 32.4 Å². The van der Waals surface area contributed by atoms with Crippen LogP contribution in [0.5, 0.6) is 0 Å². The highest BCUT2D eigenvalue weighted by atomic mass is 16.2. The van der Waals surface area contributed by atoms with E-state index in [9.17, 15) is 9.59 Å². The Morgan fingerprint density at radius 1 is 1.36 bits per heavy atom. The first-order chi connectivity index (χ1) is 6.66. The lowest BCUT2D eigenvalue weighted by molar-refractivity contribution is -0.134. The number of piperidine rings is 1. The minimum atomic E-state index is -0.606. The van der Waals surface area contributed by atoms with Gasteiger partial charge < -0.3 is 11.1 Å². The smallest absolute Gasteiger partial charge is 0.321 e. The monoisotopic (exact) mass is 197 g/mol. The van der Waals surface area contributed by atoms with E-state index in [1.165, 1.54) is 4.90 Å². The van der Waals surface area contributed by atoms with Crippen molar-refractivity contribution in [3.05, 3.63) is 0 Å². The number of imide groups is 1. The predicted octanol–water partition coefficient (Wildman–Crippen LogP) is -0.333. The molecule has 2 aliphatic heterocycles. The van der Waals surface area contributed by atoms with Crippen molar-refractivity contribution in [1.82, 2.24) is 10.2 Å². The second kappa shape index (κ2) is 3.24. The van der Waals surface area contributed by atoms with Gasteiger partial charge >= 0.3 is 6.03 Å². The normalized spacial score (nSPS) is 25.7. The van der Waals surface area contributed by atoms with Crippen molar-refractivity contribution in [2.45, 2.75) is 19.3 Å². The van der Waals surface area contributed by atoms with E-state index in [1.807, 2.05) is 0 Å². The van der Waals surface area contributed by atoms with E-state index in [1.54, 1.807) is 0 Å². The van der Waals surface area contributed by atoms with Gasteiger partial charge in [0.25, 0.3) is 0 Å². The summed E-state index contributed by atoms with van der Waals surface area (Å²) < 4.78 is 0. The summed E-state index contributed by atoms with van der Waals surface area (Å²) in [6, 6.07) is -0.606. The lowest BCUT2D eigenvalue weighted by Gasteiger charge is -2.31. The SMILES string of the molecule is NC(=O)N1CCC2(CCNCC2)C1=O. The summed E-state index contributed by atoms with van der Waals surface area (Å²) in [5.41, 5.74) is 4.84. The third kappa shape index (κ3) is 1.28. The number of hydrogen-bond donors (Lipinski definition) is 2. The second-order valence-electron chi connectivity index (χ2n) is 4.08. The first-order valence-corrected chi connectivity index (χ1v) is 4.98. The molecule has 0 aliphatic carbocycles. The largest absolute Gasteiger partial charge is 0.351 e. The fourth-order valence-electron chi connectivity index (χ4n) is 2.40. The molecule has 2 saturated heterocycles. The summed E-state index contributed by atoms with van der Waals surface area (Å²) in [5, 5.41) is 3.21. The molecule has 2 heterocycles. The van der Waals surface area contributed by atoms with Crippen LogP contribution in [-0.2, 0) is 4.79 Å². The van der Waals surface area contributed by atoms with Crippen LogP contribution in [0.4, 0.5) is 4.79 Å². The fraction of sp³-hybridized carbons (Fsp3) is 0.778. The van der Waals surface area contributed by atoms with Gasteiger partial charge in [0.05, 0.1) is 5.41 Å². The molecule has 3 amide bonds. The van der Waals surface area contributed by atoms with Gasteiger partial charge in [-0.25, -0.2) is 4.79 Å². The fourth-order valence-corrected chi connectivity index (χ4v) is 2.40. The summed E-state index contributed by atoms with van der Waals surface area (Å²) in [7, 11) is 0. The van der Waals surface area contributed by atoms with E-state index in [-0.39, 0.29) is 11.3 Å². The Bertz CT molecular complexity index is 271. The number of carbonyl (C=O) groups excluding carboxylic acids is 2. The maximum absolute atomic E-state index is 11.9. The standard InChI is InChI=1S/C9H15N3O2/c10-8(14)12-6-3-9(7(12)13)1-4-11-5-2-9/h11H,1-6H2,(H2,10,14). The maximum Gasteiger partial charge on any atom is 0.321 e. The highest BCUT2D eigenvalue weighted by Gasteiger charge is 2.48. The first kappa shape index (κ1) is 9.45. The Hall–Kier alpha value is -1.10. The highest BCUT2D eigenvalue weighted by Crippen LogP contribution is 2.39. The number of carbonyl (C=O) groups is 2. The van der Waals surface area contributed by atoms with Crippen molar-refractivity contribution in [2.24, 2.45) is 11.1 Å². The number of amides is 3. The average Bonchev–Trinajstić information content (AvgIpc) is 2.46. The lowest BCUT2D eigenvalue weighted by Crippen LogP contribution is -2.45. The zero-order valence-electron chi connectivity index (χ0n) is 8.08. The topological polar surface area (TPSA) is 75.4 Å². The van der Waals surface area contributed by atoms with Crippen LogP contribution < -0.4 is 11.1 Å². The first-order valence-electron chi connectivity index (χ1n) is 4.98. The Morgan fingerprint density at radius 3 is 2.50 bits per heavy atom. The predicted molar refractivity (Wildman–Crippen MR) is 50.5 cm³/mol. The molecule has 3 N–H and O–H groups in total. The van der Waals surface area contributed by atoms with Crippen molar-refractivity contribution in [2.75, 3.05) is 19.6 Å². The van der Waals surface area contributed by atoms with Gasteiger partial charge in [-0.1, -0.05) is 0 Å². The summed E-state index contributed by atoms with van der Waals surface area (Å²) in [5.74, 6) is -0.0634. The summed E-state index contributed by atoms with van der Waals surface area (Å²) in [6.07, 6.45) is 2.43. The van der Waals surface area contributed by atoms with Crippen molar-refractivity contribution in [3.63, 3.8) is 0 Å². The Morgan fingerprint density at radius 2 is 2.00 bits per heavy atom. The zero-order valence-corrected chi connectivity index (χ0v) is 8.08. The molecule has 14 heavy (non-hydrogen) atoms. The van der Waals surface area contributed by atoms with Crippen molar-refractivity contribution in [3.8, 4) is 0 Å². The highest BCUT2D eigenvalue weighted by molar-refractivity contribution is 5.98. The third-order valence-electron chi connectivity index (χ3n) is 3.34. The Balaban J connectivity index is 2.15. The molecule has 0 bridgehead atoms.